The fraction of sp³-hybridized carbons (Fsp3) is 0.857. The Morgan fingerprint density at radius 1 is 1.21 bits per heavy atom. The molecule has 1 aliphatic heterocycles. The number of rotatable bonds is 3. The first-order valence-corrected chi connectivity index (χ1v) is 7.34. The highest BCUT2D eigenvalue weighted by Gasteiger charge is 2.39. The third-order valence-corrected chi connectivity index (χ3v) is 4.85. The molecule has 0 bridgehead atoms. The van der Waals surface area contributed by atoms with Crippen LogP contribution in [0.15, 0.2) is 0 Å². The molecule has 0 aromatic heterocycles. The van der Waals surface area contributed by atoms with Crippen molar-refractivity contribution in [1.29, 1.82) is 0 Å². The van der Waals surface area contributed by atoms with Crippen LogP contribution in [0.2, 0.25) is 0 Å². The molecule has 1 aliphatic carbocycles. The molecular formula is C14H25N3O2. The predicted octanol–water partition coefficient (Wildman–Crippen LogP) is 0.474. The first-order valence-electron chi connectivity index (χ1n) is 7.34. The second kappa shape index (κ2) is 5.90. The van der Waals surface area contributed by atoms with Gasteiger partial charge in [-0.3, -0.25) is 9.59 Å². The van der Waals surface area contributed by atoms with E-state index in [0.717, 1.165) is 32.1 Å². The Kier molecular flexibility index (Phi) is 4.45. The summed E-state index contributed by atoms with van der Waals surface area (Å²) in [5.74, 6) is 0.0866. The summed E-state index contributed by atoms with van der Waals surface area (Å²) in [6, 6.07) is 0.210. The highest BCUT2D eigenvalue weighted by Crippen LogP contribution is 2.34. The Balaban J connectivity index is 2.06. The van der Waals surface area contributed by atoms with Gasteiger partial charge < -0.3 is 16.4 Å². The third-order valence-electron chi connectivity index (χ3n) is 4.85. The van der Waals surface area contributed by atoms with Crippen molar-refractivity contribution in [3.63, 3.8) is 0 Å². The van der Waals surface area contributed by atoms with E-state index in [0.29, 0.717) is 19.0 Å². The minimum Gasteiger partial charge on any atom is -0.369 e. The smallest absolute Gasteiger partial charge is 0.226 e. The zero-order valence-corrected chi connectivity index (χ0v) is 11.7. The molecule has 4 N–H and O–H groups in total. The molecule has 2 rings (SSSR count). The van der Waals surface area contributed by atoms with E-state index in [4.69, 9.17) is 11.5 Å². The SMILES string of the molecule is CC1CCC(C(N)=O)CN1C(=O)C1CCCC1CN. The van der Waals surface area contributed by atoms with E-state index in [1.165, 1.54) is 0 Å². The van der Waals surface area contributed by atoms with Crippen molar-refractivity contribution < 1.29 is 9.59 Å². The van der Waals surface area contributed by atoms with Crippen LogP contribution < -0.4 is 11.5 Å². The van der Waals surface area contributed by atoms with E-state index in [9.17, 15) is 9.59 Å². The Morgan fingerprint density at radius 2 is 1.95 bits per heavy atom. The maximum absolute atomic E-state index is 12.7. The maximum atomic E-state index is 12.7. The van der Waals surface area contributed by atoms with Crippen molar-refractivity contribution in [1.82, 2.24) is 4.90 Å². The second-order valence-electron chi connectivity index (χ2n) is 6.05. The molecule has 5 nitrogen and oxygen atoms in total. The van der Waals surface area contributed by atoms with E-state index in [-0.39, 0.29) is 29.7 Å². The van der Waals surface area contributed by atoms with Gasteiger partial charge in [0.1, 0.15) is 0 Å². The highest BCUT2D eigenvalue weighted by molar-refractivity contribution is 5.82. The van der Waals surface area contributed by atoms with Crippen LogP contribution in [0.1, 0.15) is 39.0 Å². The topological polar surface area (TPSA) is 89.4 Å². The summed E-state index contributed by atoms with van der Waals surface area (Å²) in [4.78, 5) is 25.9. The summed E-state index contributed by atoms with van der Waals surface area (Å²) >= 11 is 0. The molecule has 1 saturated carbocycles. The summed E-state index contributed by atoms with van der Waals surface area (Å²) in [6.45, 7) is 3.13. The van der Waals surface area contributed by atoms with Gasteiger partial charge in [-0.15, -0.1) is 0 Å². The molecule has 2 amide bonds. The second-order valence-corrected chi connectivity index (χ2v) is 6.05. The van der Waals surface area contributed by atoms with Crippen molar-refractivity contribution in [3.8, 4) is 0 Å². The minimum absolute atomic E-state index is 0.0547. The van der Waals surface area contributed by atoms with Crippen LogP contribution in [0.3, 0.4) is 0 Å². The molecule has 0 spiro atoms. The molecule has 4 atom stereocenters. The number of likely N-dealkylation sites (tertiary alicyclic amines) is 1. The highest BCUT2D eigenvalue weighted by atomic mass is 16.2. The largest absolute Gasteiger partial charge is 0.369 e. The standard InChI is InChI=1S/C14H25N3O2/c1-9-5-6-11(13(16)18)8-17(9)14(19)12-4-2-3-10(12)7-15/h9-12H,2-8,15H2,1H3,(H2,16,18). The van der Waals surface area contributed by atoms with Crippen molar-refractivity contribution in [3.05, 3.63) is 0 Å². The maximum Gasteiger partial charge on any atom is 0.226 e. The van der Waals surface area contributed by atoms with Gasteiger partial charge in [0.05, 0.1) is 5.92 Å². The van der Waals surface area contributed by atoms with Crippen molar-refractivity contribution in [2.45, 2.75) is 45.1 Å². The van der Waals surface area contributed by atoms with Crippen molar-refractivity contribution in [2.75, 3.05) is 13.1 Å². The van der Waals surface area contributed by atoms with E-state index in [2.05, 4.69) is 6.92 Å². The molecule has 1 saturated heterocycles. The number of hydrogen-bond donors (Lipinski definition) is 2. The zero-order valence-electron chi connectivity index (χ0n) is 11.7. The third kappa shape index (κ3) is 2.91. The van der Waals surface area contributed by atoms with Gasteiger partial charge in [-0.2, -0.15) is 0 Å². The first-order chi connectivity index (χ1) is 9.04. The Morgan fingerprint density at radius 3 is 2.58 bits per heavy atom. The van der Waals surface area contributed by atoms with Crippen LogP contribution in [0.4, 0.5) is 0 Å². The van der Waals surface area contributed by atoms with Crippen LogP contribution in [0, 0.1) is 17.8 Å². The van der Waals surface area contributed by atoms with Gasteiger partial charge in [-0.1, -0.05) is 6.42 Å². The van der Waals surface area contributed by atoms with E-state index < -0.39 is 0 Å². The van der Waals surface area contributed by atoms with Crippen LogP contribution in [0.25, 0.3) is 0 Å². The molecule has 2 fully saturated rings. The van der Waals surface area contributed by atoms with Crippen molar-refractivity contribution in [2.24, 2.45) is 29.2 Å². The van der Waals surface area contributed by atoms with Gasteiger partial charge in [-0.25, -0.2) is 0 Å². The Bertz CT molecular complexity index is 359. The van der Waals surface area contributed by atoms with Crippen LogP contribution in [-0.2, 0) is 9.59 Å². The van der Waals surface area contributed by atoms with Gasteiger partial charge in [-0.05, 0) is 45.1 Å². The van der Waals surface area contributed by atoms with Gasteiger partial charge >= 0.3 is 0 Å². The summed E-state index contributed by atoms with van der Waals surface area (Å²) in [5.41, 5.74) is 11.1. The molecule has 0 aromatic rings. The van der Waals surface area contributed by atoms with Crippen LogP contribution >= 0.6 is 0 Å². The average molecular weight is 267 g/mol. The summed E-state index contributed by atoms with van der Waals surface area (Å²) in [5, 5.41) is 0. The number of carbonyl (C=O) groups excluding carboxylic acids is 2. The molecular weight excluding hydrogens is 242 g/mol. The van der Waals surface area contributed by atoms with E-state index in [1.54, 1.807) is 0 Å². The van der Waals surface area contributed by atoms with E-state index >= 15 is 0 Å². The lowest BCUT2D eigenvalue weighted by atomic mass is 9.89. The number of nitrogens with zero attached hydrogens (tertiary/aromatic N) is 1. The molecule has 1 heterocycles. The van der Waals surface area contributed by atoms with Gasteiger partial charge in [0.15, 0.2) is 0 Å². The number of primary amides is 1. The molecule has 19 heavy (non-hydrogen) atoms. The fourth-order valence-corrected chi connectivity index (χ4v) is 3.50. The predicted molar refractivity (Wildman–Crippen MR) is 73.0 cm³/mol. The minimum atomic E-state index is -0.286. The molecule has 2 aliphatic rings. The number of hydrogen-bond acceptors (Lipinski definition) is 3. The first kappa shape index (κ1) is 14.3. The summed E-state index contributed by atoms with van der Waals surface area (Å²) in [7, 11) is 0. The lowest BCUT2D eigenvalue weighted by molar-refractivity contribution is -0.142. The monoisotopic (exact) mass is 267 g/mol. The number of nitrogens with two attached hydrogens (primary N) is 2. The zero-order chi connectivity index (χ0) is 14.0. The number of amides is 2. The molecule has 108 valence electrons. The molecule has 4 unspecified atom stereocenters. The summed E-state index contributed by atoms with van der Waals surface area (Å²) in [6.07, 6.45) is 4.73. The van der Waals surface area contributed by atoms with Crippen LogP contribution in [-0.4, -0.2) is 35.8 Å². The van der Waals surface area contributed by atoms with Crippen molar-refractivity contribution >= 4 is 11.8 Å². The summed E-state index contributed by atoms with van der Waals surface area (Å²) < 4.78 is 0. The number of carbonyl (C=O) groups is 2. The van der Waals surface area contributed by atoms with Gasteiger partial charge in [0, 0.05) is 18.5 Å². The lowest BCUT2D eigenvalue weighted by Gasteiger charge is -2.39. The number of piperidine rings is 1. The normalized spacial score (nSPS) is 35.4. The molecule has 0 aromatic carbocycles. The Labute approximate surface area is 114 Å². The molecule has 0 radical (unpaired) electrons. The average Bonchev–Trinajstić information content (AvgIpc) is 2.86. The van der Waals surface area contributed by atoms with E-state index in [1.807, 2.05) is 4.90 Å². The Hall–Kier alpha value is -1.10. The van der Waals surface area contributed by atoms with Gasteiger partial charge in [0.2, 0.25) is 11.8 Å². The quantitative estimate of drug-likeness (QED) is 0.779. The molecule has 5 heteroatoms. The lowest BCUT2D eigenvalue weighted by Crippen LogP contribution is -2.51. The van der Waals surface area contributed by atoms with Crippen LogP contribution in [0.5, 0.6) is 0 Å². The fourth-order valence-electron chi connectivity index (χ4n) is 3.50. The van der Waals surface area contributed by atoms with Gasteiger partial charge in [0.25, 0.3) is 0 Å².